The summed E-state index contributed by atoms with van der Waals surface area (Å²) >= 11 is 9.29. The summed E-state index contributed by atoms with van der Waals surface area (Å²) in [7, 11) is 0. The molecule has 1 rings (SSSR count). The van der Waals surface area contributed by atoms with Gasteiger partial charge in [-0.2, -0.15) is 17.6 Å². The molecule has 1 saturated heterocycles. The Morgan fingerprint density at radius 2 is 1.62 bits per heavy atom. The van der Waals surface area contributed by atoms with Crippen molar-refractivity contribution in [2.45, 2.75) is 15.7 Å². The number of halogens is 6. The summed E-state index contributed by atoms with van der Waals surface area (Å²) in [6, 6.07) is 0. The maximum Gasteiger partial charge on any atom is 0.366 e. The number of hydrogen-bond donors (Lipinski definition) is 0. The highest BCUT2D eigenvalue weighted by atomic mass is 35.5. The predicted octanol–water partition coefficient (Wildman–Crippen LogP) is 3.11. The molecule has 1 aliphatic heterocycles. The van der Waals surface area contributed by atoms with Gasteiger partial charge in [-0.3, -0.25) is 0 Å². The van der Waals surface area contributed by atoms with Crippen molar-refractivity contribution in [1.82, 2.24) is 0 Å². The van der Waals surface area contributed by atoms with Crippen LogP contribution in [0.1, 0.15) is 0 Å². The quantitative estimate of drug-likeness (QED) is 0.556. The van der Waals surface area contributed by atoms with E-state index in [1.165, 1.54) is 0 Å². The average Bonchev–Trinajstić information content (AvgIpc) is 2.28. The Morgan fingerprint density at radius 3 is 1.77 bits per heavy atom. The van der Waals surface area contributed by atoms with Crippen LogP contribution in [0.2, 0.25) is 0 Å². The summed E-state index contributed by atoms with van der Waals surface area (Å²) in [5, 5.41) is -8.42. The van der Waals surface area contributed by atoms with Crippen LogP contribution in [0, 0.1) is 0 Å². The Bertz CT molecular complexity index is 180. The zero-order valence-corrected chi connectivity index (χ0v) is 8.33. The largest absolute Gasteiger partial charge is 0.366 e. The lowest BCUT2D eigenvalue weighted by Gasteiger charge is -2.33. The van der Waals surface area contributed by atoms with Gasteiger partial charge in [0.05, 0.1) is 6.61 Å². The Morgan fingerprint density at radius 1 is 1.15 bits per heavy atom. The van der Waals surface area contributed by atoms with Crippen LogP contribution in [-0.2, 0) is 4.74 Å². The standard InChI is InChI=1S/C5H4Cl2F4OS/c6-4(8,9)3(5(7,10)11)12-1-2-13-3/h1-2H2. The van der Waals surface area contributed by atoms with Crippen molar-refractivity contribution < 1.29 is 22.3 Å². The fraction of sp³-hybridized carbons (Fsp3) is 1.00. The minimum absolute atomic E-state index is 0.00458. The molecule has 0 spiro atoms. The second kappa shape index (κ2) is 3.32. The first kappa shape index (κ1) is 11.7. The second-order valence-corrected chi connectivity index (χ2v) is 4.53. The monoisotopic (exact) mass is 258 g/mol. The second-order valence-electron chi connectivity index (χ2n) is 2.31. The number of thioether (sulfide) groups is 1. The van der Waals surface area contributed by atoms with E-state index in [9.17, 15) is 17.6 Å². The Labute approximate surface area is 85.7 Å². The molecule has 0 aliphatic carbocycles. The molecule has 8 heteroatoms. The fourth-order valence-electron chi connectivity index (χ4n) is 0.900. The van der Waals surface area contributed by atoms with Gasteiger partial charge < -0.3 is 4.74 Å². The van der Waals surface area contributed by atoms with Crippen LogP contribution >= 0.6 is 35.0 Å². The number of hydrogen-bond acceptors (Lipinski definition) is 2. The maximum atomic E-state index is 12.6. The van der Waals surface area contributed by atoms with Gasteiger partial charge in [0.1, 0.15) is 0 Å². The molecular weight excluding hydrogens is 255 g/mol. The smallest absolute Gasteiger partial charge is 0.350 e. The predicted molar refractivity (Wildman–Crippen MR) is 42.7 cm³/mol. The van der Waals surface area contributed by atoms with Crippen LogP contribution in [0.25, 0.3) is 0 Å². The van der Waals surface area contributed by atoms with Crippen molar-refractivity contribution in [1.29, 1.82) is 0 Å². The highest BCUT2D eigenvalue weighted by molar-refractivity contribution is 8.01. The molecule has 0 atom stereocenters. The molecule has 1 fully saturated rings. The zero-order valence-electron chi connectivity index (χ0n) is 6.00. The Balaban J connectivity index is 3.02. The summed E-state index contributed by atoms with van der Waals surface area (Å²) in [5.41, 5.74) is 0. The first-order valence-electron chi connectivity index (χ1n) is 3.12. The van der Waals surface area contributed by atoms with Gasteiger partial charge in [0.15, 0.2) is 0 Å². The molecule has 0 radical (unpaired) electrons. The minimum atomic E-state index is -4.21. The lowest BCUT2D eigenvalue weighted by molar-refractivity contribution is -0.179. The van der Waals surface area contributed by atoms with Crippen molar-refractivity contribution in [2.24, 2.45) is 0 Å². The van der Waals surface area contributed by atoms with Gasteiger partial charge in [-0.15, -0.1) is 11.8 Å². The fourth-order valence-corrected chi connectivity index (χ4v) is 2.57. The number of alkyl halides is 6. The van der Waals surface area contributed by atoms with E-state index >= 15 is 0 Å². The molecule has 0 aromatic carbocycles. The van der Waals surface area contributed by atoms with Crippen molar-refractivity contribution in [3.05, 3.63) is 0 Å². The van der Waals surface area contributed by atoms with Crippen molar-refractivity contribution >= 4 is 35.0 Å². The van der Waals surface area contributed by atoms with Crippen LogP contribution in [0.4, 0.5) is 17.6 Å². The summed E-state index contributed by atoms with van der Waals surface area (Å²) in [4.78, 5) is -3.15. The zero-order chi connectivity index (χ0) is 10.3. The van der Waals surface area contributed by atoms with E-state index in [0.717, 1.165) is 0 Å². The molecule has 0 aromatic heterocycles. The van der Waals surface area contributed by atoms with Gasteiger partial charge in [-0.05, 0) is 23.2 Å². The molecule has 78 valence electrons. The molecular formula is C5H4Cl2F4OS. The van der Waals surface area contributed by atoms with Crippen LogP contribution < -0.4 is 0 Å². The van der Waals surface area contributed by atoms with Gasteiger partial charge in [-0.1, -0.05) is 0 Å². The summed E-state index contributed by atoms with van der Waals surface area (Å²) < 4.78 is 54.8. The number of ether oxygens (including phenoxy) is 1. The molecule has 13 heavy (non-hydrogen) atoms. The van der Waals surface area contributed by atoms with Gasteiger partial charge in [-0.25, -0.2) is 0 Å². The first-order chi connectivity index (χ1) is 5.71. The third-order valence-corrected chi connectivity index (χ3v) is 3.60. The molecule has 1 aliphatic rings. The topological polar surface area (TPSA) is 9.23 Å². The number of rotatable bonds is 2. The molecule has 0 saturated carbocycles. The molecule has 0 unspecified atom stereocenters. The molecule has 1 heterocycles. The lowest BCUT2D eigenvalue weighted by Crippen LogP contribution is -2.52. The van der Waals surface area contributed by atoms with E-state index in [2.05, 4.69) is 27.9 Å². The van der Waals surface area contributed by atoms with E-state index in [0.29, 0.717) is 0 Å². The van der Waals surface area contributed by atoms with Crippen molar-refractivity contribution in [2.75, 3.05) is 12.4 Å². The minimum Gasteiger partial charge on any atom is -0.350 e. The molecule has 0 bridgehead atoms. The summed E-state index contributed by atoms with van der Waals surface area (Å²) in [6.07, 6.45) is 0. The SMILES string of the molecule is FC(F)(Cl)C1(C(F)(F)Cl)OCCS1. The molecule has 0 aromatic rings. The van der Waals surface area contributed by atoms with Gasteiger partial charge in [0.2, 0.25) is 0 Å². The van der Waals surface area contributed by atoms with Crippen LogP contribution in [0.15, 0.2) is 0 Å². The molecule has 0 N–H and O–H groups in total. The van der Waals surface area contributed by atoms with Gasteiger partial charge in [0, 0.05) is 5.75 Å². The highest BCUT2D eigenvalue weighted by Gasteiger charge is 2.71. The van der Waals surface area contributed by atoms with E-state index in [-0.39, 0.29) is 24.1 Å². The van der Waals surface area contributed by atoms with Gasteiger partial charge in [0.25, 0.3) is 4.93 Å². The Hall–Kier alpha value is 0.610. The van der Waals surface area contributed by atoms with Crippen molar-refractivity contribution in [3.8, 4) is 0 Å². The summed E-state index contributed by atoms with van der Waals surface area (Å²) in [6.45, 7) is -0.227. The van der Waals surface area contributed by atoms with E-state index in [1.807, 2.05) is 0 Å². The van der Waals surface area contributed by atoms with Gasteiger partial charge >= 0.3 is 10.8 Å². The van der Waals surface area contributed by atoms with E-state index in [4.69, 9.17) is 0 Å². The first-order valence-corrected chi connectivity index (χ1v) is 4.86. The lowest BCUT2D eigenvalue weighted by atomic mass is 10.3. The normalized spacial score (nSPS) is 23.5. The van der Waals surface area contributed by atoms with Crippen LogP contribution in [-0.4, -0.2) is 28.1 Å². The molecule has 1 nitrogen and oxygen atoms in total. The Kier molecular flexibility index (Phi) is 2.99. The molecule has 0 amide bonds. The van der Waals surface area contributed by atoms with E-state index < -0.39 is 15.7 Å². The highest BCUT2D eigenvalue weighted by Crippen LogP contribution is 2.57. The van der Waals surface area contributed by atoms with Crippen molar-refractivity contribution in [3.63, 3.8) is 0 Å². The third-order valence-electron chi connectivity index (χ3n) is 1.44. The third kappa shape index (κ3) is 1.86. The van der Waals surface area contributed by atoms with E-state index in [1.54, 1.807) is 0 Å². The maximum absolute atomic E-state index is 12.6. The average molecular weight is 259 g/mol. The van der Waals surface area contributed by atoms with Crippen LogP contribution in [0.5, 0.6) is 0 Å². The van der Waals surface area contributed by atoms with Crippen LogP contribution in [0.3, 0.4) is 0 Å². The summed E-state index contributed by atoms with van der Waals surface area (Å²) in [5.74, 6) is 0.00458.